The van der Waals surface area contributed by atoms with E-state index in [0.29, 0.717) is 20.3 Å². The van der Waals surface area contributed by atoms with E-state index >= 15 is 0 Å². The normalized spacial score (nSPS) is 16.2. The topological polar surface area (TPSA) is 24.7 Å². The zero-order valence-corrected chi connectivity index (χ0v) is 14.0. The van der Waals surface area contributed by atoms with E-state index in [2.05, 4.69) is 9.98 Å². The first kappa shape index (κ1) is 12.7. The summed E-state index contributed by atoms with van der Waals surface area (Å²) in [5.41, 5.74) is 1.10. The van der Waals surface area contributed by atoms with Gasteiger partial charge in [0, 0.05) is 0 Å². The van der Waals surface area contributed by atoms with E-state index in [1.54, 1.807) is 0 Å². The van der Waals surface area contributed by atoms with Gasteiger partial charge >= 0.3 is 127 Å². The van der Waals surface area contributed by atoms with Crippen molar-refractivity contribution in [1.82, 2.24) is 0 Å². The van der Waals surface area contributed by atoms with Crippen LogP contribution in [0.5, 0.6) is 0 Å². The summed E-state index contributed by atoms with van der Waals surface area (Å²) in [7, 11) is 0. The van der Waals surface area contributed by atoms with E-state index in [9.17, 15) is 8.78 Å². The molecule has 2 aromatic carbocycles. The summed E-state index contributed by atoms with van der Waals surface area (Å²) in [6.45, 7) is 3.73. The Morgan fingerprint density at radius 1 is 0.800 bits per heavy atom. The number of hydrogen-bond donors (Lipinski definition) is 0. The van der Waals surface area contributed by atoms with Gasteiger partial charge < -0.3 is 0 Å². The van der Waals surface area contributed by atoms with E-state index in [0.717, 1.165) is 20.0 Å². The summed E-state index contributed by atoms with van der Waals surface area (Å²) < 4.78 is 31.8. The van der Waals surface area contributed by atoms with Crippen molar-refractivity contribution in [3.05, 3.63) is 23.8 Å². The molecule has 2 aliphatic heterocycles. The number of halogens is 2. The summed E-state index contributed by atoms with van der Waals surface area (Å²) in [6, 6.07) is 2.90. The number of rotatable bonds is 0. The first-order chi connectivity index (χ1) is 9.54. The van der Waals surface area contributed by atoms with Crippen LogP contribution in [0.25, 0.3) is 10.8 Å². The van der Waals surface area contributed by atoms with Crippen molar-refractivity contribution < 1.29 is 8.78 Å². The van der Waals surface area contributed by atoms with Crippen LogP contribution in [-0.4, -0.2) is 39.1 Å². The van der Waals surface area contributed by atoms with Crippen LogP contribution in [-0.2, 0) is 0 Å². The fraction of sp³-hybridized carbons (Fsp3) is 0.143. The predicted molar refractivity (Wildman–Crippen MR) is 80.2 cm³/mol. The number of aliphatic imine (C=N–C) groups is 2. The van der Waals surface area contributed by atoms with Crippen LogP contribution in [0.15, 0.2) is 22.1 Å². The van der Waals surface area contributed by atoms with Crippen LogP contribution in [0.1, 0.15) is 13.8 Å². The van der Waals surface area contributed by atoms with Crippen molar-refractivity contribution in [2.24, 2.45) is 9.98 Å². The second-order valence-electron chi connectivity index (χ2n) is 4.63. The Balaban J connectivity index is 2.27. The fourth-order valence-corrected chi connectivity index (χ4v) is 6.32. The van der Waals surface area contributed by atoms with E-state index in [4.69, 9.17) is 0 Å². The number of hydrogen-bond acceptors (Lipinski definition) is 2. The number of benzene rings is 2. The molecule has 0 unspecified atom stereocenters. The minimum atomic E-state index is -0.244. The van der Waals surface area contributed by atoms with Gasteiger partial charge in [0.15, 0.2) is 0 Å². The molecule has 0 atom stereocenters. The van der Waals surface area contributed by atoms with E-state index in [-0.39, 0.29) is 41.5 Å². The Hall–Kier alpha value is -1.06. The monoisotopic (exact) mass is 402 g/mol. The van der Waals surface area contributed by atoms with Crippen LogP contribution in [0.2, 0.25) is 0 Å². The van der Waals surface area contributed by atoms with E-state index < -0.39 is 0 Å². The van der Waals surface area contributed by atoms with Gasteiger partial charge in [-0.05, 0) is 0 Å². The van der Waals surface area contributed by atoms with Crippen LogP contribution in [0, 0.1) is 11.6 Å². The van der Waals surface area contributed by atoms with Crippen molar-refractivity contribution >= 4 is 70.2 Å². The maximum absolute atomic E-state index is 14.3. The molecule has 0 saturated heterocycles. The molecule has 2 nitrogen and oxygen atoms in total. The molecule has 4 rings (SSSR count). The van der Waals surface area contributed by atoms with Crippen LogP contribution in [0.4, 0.5) is 20.2 Å². The molecule has 0 amide bonds. The summed E-state index contributed by atoms with van der Waals surface area (Å²) in [4.78, 5) is 8.84. The van der Waals surface area contributed by atoms with Gasteiger partial charge in [0.05, 0.1) is 0 Å². The average molecular weight is 400 g/mol. The Morgan fingerprint density at radius 2 is 1.20 bits per heavy atom. The van der Waals surface area contributed by atoms with Crippen LogP contribution in [0.3, 0.4) is 0 Å². The molecule has 6 heteroatoms. The average Bonchev–Trinajstić information content (AvgIpc) is 2.37. The Labute approximate surface area is 126 Å². The van der Waals surface area contributed by atoms with Gasteiger partial charge in [-0.15, -0.1) is 0 Å². The maximum atomic E-state index is 14.3. The van der Waals surface area contributed by atoms with Crippen molar-refractivity contribution in [3.8, 4) is 0 Å². The van der Waals surface area contributed by atoms with Gasteiger partial charge in [-0.1, -0.05) is 0 Å². The molecule has 20 heavy (non-hydrogen) atoms. The molecule has 0 aromatic heterocycles. The third-order valence-electron chi connectivity index (χ3n) is 3.23. The molecule has 2 aromatic rings. The van der Waals surface area contributed by atoms with Gasteiger partial charge in [0.25, 0.3) is 0 Å². The molecule has 2 heterocycles. The molecule has 2 aliphatic rings. The number of nitrogens with zero attached hydrogens (tertiary/aromatic N) is 2. The molecule has 0 N–H and O–H groups in total. The van der Waals surface area contributed by atoms with E-state index in [1.807, 2.05) is 13.8 Å². The summed E-state index contributed by atoms with van der Waals surface area (Å²) in [5, 5.41) is 1.56. The van der Waals surface area contributed by atoms with E-state index in [1.165, 1.54) is 12.1 Å². The Kier molecular flexibility index (Phi) is 2.67. The van der Waals surface area contributed by atoms with Crippen molar-refractivity contribution in [2.75, 3.05) is 0 Å². The van der Waals surface area contributed by atoms with Crippen molar-refractivity contribution in [2.45, 2.75) is 13.8 Å². The molecule has 0 radical (unpaired) electrons. The van der Waals surface area contributed by atoms with Gasteiger partial charge in [0.1, 0.15) is 0 Å². The molecule has 0 bridgehead atoms. The molecular weight excluding hydrogens is 392 g/mol. The zero-order chi connectivity index (χ0) is 14.0. The van der Waals surface area contributed by atoms with Crippen molar-refractivity contribution in [1.29, 1.82) is 0 Å². The summed E-state index contributed by atoms with van der Waals surface area (Å²) in [6.07, 6.45) is 0. The van der Waals surface area contributed by atoms with Gasteiger partial charge in [0.2, 0.25) is 0 Å². The molecule has 100 valence electrons. The second kappa shape index (κ2) is 4.22. The SMILES string of the molecule is CC1=Nc2cc(F)c3c4c(cc(F)c(c24)[Se]1)N=C(C)[Se]3. The first-order valence-corrected chi connectivity index (χ1v) is 9.42. The molecule has 0 aliphatic carbocycles. The van der Waals surface area contributed by atoms with Crippen molar-refractivity contribution in [3.63, 3.8) is 0 Å². The molecule has 0 fully saturated rings. The summed E-state index contributed by atoms with van der Waals surface area (Å²) >= 11 is -0.262. The van der Waals surface area contributed by atoms with Crippen LogP contribution < -0.4 is 8.92 Å². The summed E-state index contributed by atoms with van der Waals surface area (Å²) in [5.74, 6) is -0.488. The molecule has 0 spiro atoms. The molecular formula is C14H8F2N2Se2. The zero-order valence-electron chi connectivity index (χ0n) is 10.6. The third kappa shape index (κ3) is 1.66. The Morgan fingerprint density at radius 3 is 1.60 bits per heavy atom. The third-order valence-corrected chi connectivity index (χ3v) is 7.39. The second-order valence-corrected chi connectivity index (χ2v) is 9.68. The van der Waals surface area contributed by atoms with Crippen LogP contribution >= 0.6 is 0 Å². The minimum absolute atomic E-state index is 0.131. The van der Waals surface area contributed by atoms with Gasteiger partial charge in [-0.2, -0.15) is 0 Å². The standard InChI is InChI=1S/C14H8F2N2Se2/c1-5-17-9-3-8(16)14-12-10(18-6(2)20-14)4-7(15)13(19-5)11(9)12/h3-4H,1-2H3. The fourth-order valence-electron chi connectivity index (χ4n) is 2.53. The quantitative estimate of drug-likeness (QED) is 0.604. The predicted octanol–water partition coefficient (Wildman–Crippen LogP) is 1.90. The molecule has 0 saturated carbocycles. The van der Waals surface area contributed by atoms with Gasteiger partial charge in [-0.25, -0.2) is 0 Å². The van der Waals surface area contributed by atoms with Gasteiger partial charge in [-0.3, -0.25) is 0 Å². The Bertz CT molecular complexity index is 785. The first-order valence-electron chi connectivity index (χ1n) is 5.99.